The largest absolute Gasteiger partial charge is 0.417 e. The Bertz CT molecular complexity index is 531. The molecule has 0 bridgehead atoms. The molecule has 0 aliphatic heterocycles. The standard InChI is InChI=1S/C9H7F2NO3/c10-8(11)7(13)4-1-2-5-6(3-4)15-9(14)12-5/h1-3,7-8,13H,(H,12,14). The highest BCUT2D eigenvalue weighted by Gasteiger charge is 2.19. The van der Waals surface area contributed by atoms with Crippen LogP contribution in [-0.4, -0.2) is 16.5 Å². The van der Waals surface area contributed by atoms with Gasteiger partial charge in [0, 0.05) is 0 Å². The highest BCUT2D eigenvalue weighted by Crippen LogP contribution is 2.23. The monoisotopic (exact) mass is 215 g/mol. The van der Waals surface area contributed by atoms with Gasteiger partial charge in [0.05, 0.1) is 5.52 Å². The minimum Gasteiger partial charge on any atom is -0.408 e. The predicted molar refractivity (Wildman–Crippen MR) is 47.8 cm³/mol. The predicted octanol–water partition coefficient (Wildman–Crippen LogP) is 1.42. The van der Waals surface area contributed by atoms with Crippen molar-refractivity contribution >= 4 is 11.1 Å². The van der Waals surface area contributed by atoms with Gasteiger partial charge in [0.25, 0.3) is 6.43 Å². The molecule has 15 heavy (non-hydrogen) atoms. The van der Waals surface area contributed by atoms with Crippen LogP contribution in [0.2, 0.25) is 0 Å². The van der Waals surface area contributed by atoms with Crippen molar-refractivity contribution in [3.8, 4) is 0 Å². The molecule has 0 aliphatic carbocycles. The highest BCUT2D eigenvalue weighted by atomic mass is 19.3. The van der Waals surface area contributed by atoms with Gasteiger partial charge in [-0.05, 0) is 17.7 Å². The first-order valence-electron chi connectivity index (χ1n) is 4.17. The van der Waals surface area contributed by atoms with Gasteiger partial charge < -0.3 is 9.52 Å². The van der Waals surface area contributed by atoms with Crippen molar-refractivity contribution in [3.05, 3.63) is 34.3 Å². The van der Waals surface area contributed by atoms with Crippen LogP contribution < -0.4 is 5.76 Å². The molecule has 0 saturated heterocycles. The van der Waals surface area contributed by atoms with E-state index in [1.54, 1.807) is 0 Å². The van der Waals surface area contributed by atoms with E-state index >= 15 is 0 Å². The average molecular weight is 215 g/mol. The van der Waals surface area contributed by atoms with Crippen LogP contribution in [0, 0.1) is 0 Å². The number of rotatable bonds is 2. The van der Waals surface area contributed by atoms with E-state index in [9.17, 15) is 13.6 Å². The molecular weight excluding hydrogens is 208 g/mol. The highest BCUT2D eigenvalue weighted by molar-refractivity contribution is 5.72. The number of hydrogen-bond acceptors (Lipinski definition) is 3. The normalized spacial score (nSPS) is 13.6. The van der Waals surface area contributed by atoms with Crippen molar-refractivity contribution in [2.45, 2.75) is 12.5 Å². The van der Waals surface area contributed by atoms with Crippen LogP contribution in [0.25, 0.3) is 11.1 Å². The lowest BCUT2D eigenvalue weighted by molar-refractivity contribution is -0.00573. The van der Waals surface area contributed by atoms with E-state index in [-0.39, 0.29) is 11.1 Å². The first-order valence-corrected chi connectivity index (χ1v) is 4.17. The Hall–Kier alpha value is -1.69. The smallest absolute Gasteiger partial charge is 0.408 e. The maximum absolute atomic E-state index is 12.2. The van der Waals surface area contributed by atoms with Gasteiger partial charge in [-0.15, -0.1) is 0 Å². The number of H-pyrrole nitrogens is 1. The fourth-order valence-corrected chi connectivity index (χ4v) is 1.29. The average Bonchev–Trinajstić information content (AvgIpc) is 2.55. The topological polar surface area (TPSA) is 66.2 Å². The van der Waals surface area contributed by atoms with Gasteiger partial charge in [-0.25, -0.2) is 13.6 Å². The molecule has 0 saturated carbocycles. The first kappa shape index (κ1) is 9.85. The van der Waals surface area contributed by atoms with Crippen molar-refractivity contribution in [2.75, 3.05) is 0 Å². The zero-order valence-corrected chi connectivity index (χ0v) is 7.41. The summed E-state index contributed by atoms with van der Waals surface area (Å²) in [5.41, 5.74) is 0.572. The second-order valence-corrected chi connectivity index (χ2v) is 3.05. The minimum atomic E-state index is -2.87. The van der Waals surface area contributed by atoms with E-state index in [0.717, 1.165) is 0 Å². The molecule has 0 fully saturated rings. The molecular formula is C9H7F2NO3. The lowest BCUT2D eigenvalue weighted by atomic mass is 10.1. The Morgan fingerprint density at radius 2 is 2.13 bits per heavy atom. The van der Waals surface area contributed by atoms with E-state index in [1.807, 2.05) is 0 Å². The third-order valence-electron chi connectivity index (χ3n) is 2.03. The SMILES string of the molecule is O=c1[nH]c2ccc(C(O)C(F)F)cc2o1. The molecule has 6 heteroatoms. The summed E-state index contributed by atoms with van der Waals surface area (Å²) in [5.74, 6) is -0.659. The molecule has 1 unspecified atom stereocenters. The quantitative estimate of drug-likeness (QED) is 0.796. The molecule has 2 aromatic rings. The molecule has 2 N–H and O–H groups in total. The Morgan fingerprint density at radius 1 is 1.40 bits per heavy atom. The number of aromatic nitrogens is 1. The van der Waals surface area contributed by atoms with Gasteiger partial charge in [-0.3, -0.25) is 4.98 Å². The first-order chi connectivity index (χ1) is 7.08. The van der Waals surface area contributed by atoms with Gasteiger partial charge in [-0.1, -0.05) is 6.07 Å². The number of hydrogen-bond donors (Lipinski definition) is 2. The van der Waals surface area contributed by atoms with Crippen molar-refractivity contribution in [1.29, 1.82) is 0 Å². The second kappa shape index (κ2) is 3.47. The molecule has 0 radical (unpaired) electrons. The Morgan fingerprint density at radius 3 is 2.80 bits per heavy atom. The molecule has 0 amide bonds. The number of halogens is 2. The third kappa shape index (κ3) is 1.75. The fourth-order valence-electron chi connectivity index (χ4n) is 1.29. The van der Waals surface area contributed by atoms with Gasteiger partial charge in [-0.2, -0.15) is 0 Å². The molecule has 80 valence electrons. The molecule has 0 spiro atoms. The van der Waals surface area contributed by atoms with E-state index in [4.69, 9.17) is 5.11 Å². The van der Waals surface area contributed by atoms with Crippen LogP contribution >= 0.6 is 0 Å². The lowest BCUT2D eigenvalue weighted by Gasteiger charge is -2.08. The zero-order valence-electron chi connectivity index (χ0n) is 7.41. The number of nitrogens with one attached hydrogen (secondary N) is 1. The fraction of sp³-hybridized carbons (Fsp3) is 0.222. The number of alkyl halides is 2. The number of aromatic amines is 1. The van der Waals surface area contributed by atoms with E-state index in [1.165, 1.54) is 18.2 Å². The van der Waals surface area contributed by atoms with E-state index in [2.05, 4.69) is 9.40 Å². The summed E-state index contributed by atoms with van der Waals surface area (Å²) in [4.78, 5) is 13.1. The van der Waals surface area contributed by atoms with Gasteiger partial charge in [0.2, 0.25) is 0 Å². The van der Waals surface area contributed by atoms with Crippen LogP contribution in [-0.2, 0) is 0 Å². The van der Waals surface area contributed by atoms with Gasteiger partial charge in [0.1, 0.15) is 6.10 Å². The van der Waals surface area contributed by atoms with Crippen molar-refractivity contribution < 1.29 is 18.3 Å². The van der Waals surface area contributed by atoms with Crippen molar-refractivity contribution in [1.82, 2.24) is 4.98 Å². The Labute approximate surface area is 82.1 Å². The van der Waals surface area contributed by atoms with Crippen LogP contribution in [0.3, 0.4) is 0 Å². The summed E-state index contributed by atoms with van der Waals surface area (Å²) in [6, 6.07) is 3.93. The summed E-state index contributed by atoms with van der Waals surface area (Å²) in [6.45, 7) is 0. The number of fused-ring (bicyclic) bond motifs is 1. The summed E-state index contributed by atoms with van der Waals surface area (Å²) in [6.07, 6.45) is -4.73. The molecule has 1 atom stereocenters. The van der Waals surface area contributed by atoms with Crippen LogP contribution in [0.5, 0.6) is 0 Å². The maximum Gasteiger partial charge on any atom is 0.417 e. The third-order valence-corrected chi connectivity index (χ3v) is 2.03. The second-order valence-electron chi connectivity index (χ2n) is 3.05. The molecule has 0 aliphatic rings. The molecule has 1 aromatic carbocycles. The van der Waals surface area contributed by atoms with E-state index < -0.39 is 18.3 Å². The summed E-state index contributed by atoms with van der Waals surface area (Å²) >= 11 is 0. The molecule has 2 rings (SSSR count). The summed E-state index contributed by atoms with van der Waals surface area (Å²) in [5, 5.41) is 9.08. The number of oxazole rings is 1. The Balaban J connectivity index is 2.50. The molecule has 1 aromatic heterocycles. The molecule has 4 nitrogen and oxygen atoms in total. The minimum absolute atomic E-state index is 0.0141. The maximum atomic E-state index is 12.2. The number of aliphatic hydroxyl groups excluding tert-OH is 1. The number of benzene rings is 1. The van der Waals surface area contributed by atoms with Gasteiger partial charge >= 0.3 is 5.76 Å². The van der Waals surface area contributed by atoms with Crippen LogP contribution in [0.4, 0.5) is 8.78 Å². The van der Waals surface area contributed by atoms with Crippen LogP contribution in [0.1, 0.15) is 11.7 Å². The van der Waals surface area contributed by atoms with Gasteiger partial charge in [0.15, 0.2) is 5.58 Å². The van der Waals surface area contributed by atoms with Crippen molar-refractivity contribution in [3.63, 3.8) is 0 Å². The van der Waals surface area contributed by atoms with Crippen LogP contribution in [0.15, 0.2) is 27.4 Å². The summed E-state index contributed by atoms with van der Waals surface area (Å²) < 4.78 is 29.0. The Kier molecular flexibility index (Phi) is 2.28. The van der Waals surface area contributed by atoms with E-state index in [0.29, 0.717) is 5.52 Å². The lowest BCUT2D eigenvalue weighted by Crippen LogP contribution is -2.07. The molecule has 1 heterocycles. The summed E-state index contributed by atoms with van der Waals surface area (Å²) in [7, 11) is 0. The van der Waals surface area contributed by atoms with Crippen molar-refractivity contribution in [2.24, 2.45) is 0 Å². The number of aliphatic hydroxyl groups is 1. The zero-order chi connectivity index (χ0) is 11.0.